The molecule has 2 N–H and O–H groups in total. The van der Waals surface area contributed by atoms with Crippen LogP contribution in [0.4, 0.5) is 0 Å². The number of benzene rings is 1. The van der Waals surface area contributed by atoms with Crippen LogP contribution in [-0.4, -0.2) is 40.5 Å². The summed E-state index contributed by atoms with van der Waals surface area (Å²) < 4.78 is 11.4. The van der Waals surface area contributed by atoms with Gasteiger partial charge < -0.3 is 14.8 Å². The molecule has 1 aliphatic rings. The van der Waals surface area contributed by atoms with E-state index < -0.39 is 0 Å². The highest BCUT2D eigenvalue weighted by Gasteiger charge is 2.33. The third-order valence-corrected chi connectivity index (χ3v) is 4.87. The number of H-pyrrole nitrogens is 1. The van der Waals surface area contributed by atoms with Gasteiger partial charge in [0.25, 0.3) is 0 Å². The van der Waals surface area contributed by atoms with Gasteiger partial charge in [-0.05, 0) is 38.5 Å². The van der Waals surface area contributed by atoms with Gasteiger partial charge in [0.15, 0.2) is 5.82 Å². The molecule has 26 heavy (non-hydrogen) atoms. The number of aryl methyl sites for hydroxylation is 1. The van der Waals surface area contributed by atoms with Crippen LogP contribution in [0.2, 0.25) is 5.02 Å². The molecule has 1 aromatic carbocycles. The topological polar surface area (TPSA) is 72.1 Å². The van der Waals surface area contributed by atoms with E-state index in [4.69, 9.17) is 21.1 Å². The van der Waals surface area contributed by atoms with Crippen LogP contribution in [0.25, 0.3) is 0 Å². The molecule has 142 valence electrons. The molecule has 1 aliphatic heterocycles. The van der Waals surface area contributed by atoms with Gasteiger partial charge in [-0.2, -0.15) is 5.10 Å². The molecule has 1 unspecified atom stereocenters. The first-order chi connectivity index (χ1) is 12.5. The Balaban J connectivity index is 1.68. The van der Waals surface area contributed by atoms with Crippen molar-refractivity contribution in [3.05, 3.63) is 40.4 Å². The first kappa shape index (κ1) is 19.1. The Kier molecular flexibility index (Phi) is 6.16. The van der Waals surface area contributed by atoms with Gasteiger partial charge in [-0.15, -0.1) is 0 Å². The van der Waals surface area contributed by atoms with Crippen molar-refractivity contribution < 1.29 is 9.47 Å². The van der Waals surface area contributed by atoms with Gasteiger partial charge in [-0.25, -0.2) is 4.98 Å². The number of hydrogen-bond acceptors (Lipinski definition) is 5. The molecule has 3 rings (SSSR count). The molecule has 0 aliphatic carbocycles. The lowest BCUT2D eigenvalue weighted by molar-refractivity contribution is 0.186. The van der Waals surface area contributed by atoms with Crippen molar-refractivity contribution in [1.29, 1.82) is 0 Å². The van der Waals surface area contributed by atoms with Gasteiger partial charge in [0, 0.05) is 18.5 Å². The highest BCUT2D eigenvalue weighted by Crippen LogP contribution is 2.30. The van der Waals surface area contributed by atoms with Crippen molar-refractivity contribution >= 4 is 11.6 Å². The fourth-order valence-electron chi connectivity index (χ4n) is 3.16. The van der Waals surface area contributed by atoms with Crippen LogP contribution in [0.3, 0.4) is 0 Å². The number of aromatic amines is 1. The number of hydrogen-bond donors (Lipinski definition) is 2. The molecule has 0 amide bonds. The number of nitrogens with zero attached hydrogens (tertiary/aromatic N) is 2. The molecule has 2 heterocycles. The van der Waals surface area contributed by atoms with Gasteiger partial charge in [0.05, 0.1) is 30.3 Å². The zero-order valence-corrected chi connectivity index (χ0v) is 16.5. The van der Waals surface area contributed by atoms with E-state index in [1.165, 1.54) is 0 Å². The third kappa shape index (κ3) is 4.37. The van der Waals surface area contributed by atoms with Gasteiger partial charge in [0.2, 0.25) is 0 Å². The van der Waals surface area contributed by atoms with E-state index in [9.17, 15) is 0 Å². The molecule has 0 radical (unpaired) electrons. The first-order valence-electron chi connectivity index (χ1n) is 9.19. The van der Waals surface area contributed by atoms with Crippen LogP contribution in [0.1, 0.15) is 56.9 Å². The Labute approximate surface area is 159 Å². The standard InChI is InChI=1S/C19H27ClN4O2/c1-5-18-22-19(24-23-18)14-9-25-10-16(14)21-12(4)13-6-7-17(15(20)8-13)26-11(2)3/h6-8,11-12,14,16,21H,5,9-10H2,1-4H3,(H,22,23,24)/t12?,14-,16+/m1/s1. The van der Waals surface area contributed by atoms with Gasteiger partial charge in [-0.3, -0.25) is 5.10 Å². The quantitative estimate of drug-likeness (QED) is 0.769. The lowest BCUT2D eigenvalue weighted by Crippen LogP contribution is -2.36. The summed E-state index contributed by atoms with van der Waals surface area (Å²) in [6.45, 7) is 9.44. The SMILES string of the molecule is CCc1nc([C@@H]2COC[C@@H]2NC(C)c2ccc(OC(C)C)c(Cl)c2)n[nH]1. The molecule has 2 aromatic rings. The smallest absolute Gasteiger partial charge is 0.157 e. The Morgan fingerprint density at radius 3 is 2.81 bits per heavy atom. The van der Waals surface area contributed by atoms with Gasteiger partial charge in [-0.1, -0.05) is 24.6 Å². The highest BCUT2D eigenvalue weighted by atomic mass is 35.5. The van der Waals surface area contributed by atoms with Crippen molar-refractivity contribution in [3.63, 3.8) is 0 Å². The fraction of sp³-hybridized carbons (Fsp3) is 0.579. The summed E-state index contributed by atoms with van der Waals surface area (Å²) in [6, 6.07) is 6.23. The minimum absolute atomic E-state index is 0.0969. The average molecular weight is 379 g/mol. The predicted octanol–water partition coefficient (Wildman–Crippen LogP) is 3.64. The minimum atomic E-state index is 0.0969. The second kappa shape index (κ2) is 8.37. The molecular weight excluding hydrogens is 352 g/mol. The van der Waals surface area contributed by atoms with E-state index in [2.05, 4.69) is 34.3 Å². The minimum Gasteiger partial charge on any atom is -0.489 e. The van der Waals surface area contributed by atoms with Crippen LogP contribution < -0.4 is 10.1 Å². The van der Waals surface area contributed by atoms with Crippen LogP contribution in [0, 0.1) is 0 Å². The van der Waals surface area contributed by atoms with Crippen LogP contribution >= 0.6 is 11.6 Å². The van der Waals surface area contributed by atoms with E-state index in [1.807, 2.05) is 32.0 Å². The summed E-state index contributed by atoms with van der Waals surface area (Å²) in [6.07, 6.45) is 0.943. The second-order valence-corrected chi connectivity index (χ2v) is 7.40. The number of aromatic nitrogens is 3. The second-order valence-electron chi connectivity index (χ2n) is 6.99. The number of ether oxygens (including phenoxy) is 2. The highest BCUT2D eigenvalue weighted by molar-refractivity contribution is 6.32. The summed E-state index contributed by atoms with van der Waals surface area (Å²) in [5.74, 6) is 2.59. The summed E-state index contributed by atoms with van der Waals surface area (Å²) >= 11 is 6.38. The molecule has 1 aromatic heterocycles. The summed E-state index contributed by atoms with van der Waals surface area (Å²) in [5.41, 5.74) is 1.11. The van der Waals surface area contributed by atoms with Crippen molar-refractivity contribution in [2.24, 2.45) is 0 Å². The van der Waals surface area contributed by atoms with E-state index in [1.54, 1.807) is 0 Å². The van der Waals surface area contributed by atoms with E-state index in [-0.39, 0.29) is 24.1 Å². The molecule has 1 fully saturated rings. The average Bonchev–Trinajstić information content (AvgIpc) is 3.24. The Bertz CT molecular complexity index is 734. The van der Waals surface area contributed by atoms with Crippen molar-refractivity contribution in [3.8, 4) is 5.75 Å². The maximum Gasteiger partial charge on any atom is 0.157 e. The Morgan fingerprint density at radius 1 is 1.35 bits per heavy atom. The fourth-order valence-corrected chi connectivity index (χ4v) is 3.39. The Morgan fingerprint density at radius 2 is 2.15 bits per heavy atom. The normalized spacial score (nSPS) is 21.3. The van der Waals surface area contributed by atoms with E-state index >= 15 is 0 Å². The van der Waals surface area contributed by atoms with E-state index in [0.29, 0.717) is 24.0 Å². The maximum atomic E-state index is 6.38. The molecular formula is C19H27ClN4O2. The lowest BCUT2D eigenvalue weighted by Gasteiger charge is -2.23. The van der Waals surface area contributed by atoms with Crippen molar-refractivity contribution in [2.75, 3.05) is 13.2 Å². The zero-order chi connectivity index (χ0) is 18.7. The van der Waals surface area contributed by atoms with E-state index in [0.717, 1.165) is 23.6 Å². The van der Waals surface area contributed by atoms with Gasteiger partial charge >= 0.3 is 0 Å². The maximum absolute atomic E-state index is 6.38. The third-order valence-electron chi connectivity index (χ3n) is 4.58. The monoisotopic (exact) mass is 378 g/mol. The molecule has 0 bridgehead atoms. The summed E-state index contributed by atoms with van der Waals surface area (Å²) in [5, 5.41) is 11.6. The molecule has 6 nitrogen and oxygen atoms in total. The lowest BCUT2D eigenvalue weighted by atomic mass is 10.00. The molecule has 7 heteroatoms. The van der Waals surface area contributed by atoms with Crippen molar-refractivity contribution in [2.45, 2.75) is 58.2 Å². The van der Waals surface area contributed by atoms with Crippen LogP contribution in [-0.2, 0) is 11.2 Å². The van der Waals surface area contributed by atoms with Gasteiger partial charge in [0.1, 0.15) is 11.6 Å². The predicted molar refractivity (Wildman–Crippen MR) is 102 cm³/mol. The summed E-state index contributed by atoms with van der Waals surface area (Å²) in [7, 11) is 0. The van der Waals surface area contributed by atoms with Crippen molar-refractivity contribution in [1.82, 2.24) is 20.5 Å². The zero-order valence-electron chi connectivity index (χ0n) is 15.8. The first-order valence-corrected chi connectivity index (χ1v) is 9.56. The molecule has 3 atom stereocenters. The summed E-state index contributed by atoms with van der Waals surface area (Å²) in [4.78, 5) is 4.57. The van der Waals surface area contributed by atoms with Crippen LogP contribution in [0.5, 0.6) is 5.75 Å². The number of halogens is 1. The number of rotatable bonds is 7. The number of nitrogens with one attached hydrogen (secondary N) is 2. The van der Waals surface area contributed by atoms with Crippen LogP contribution in [0.15, 0.2) is 18.2 Å². The molecule has 0 saturated carbocycles. The Hall–Kier alpha value is -1.63. The molecule has 0 spiro atoms. The largest absolute Gasteiger partial charge is 0.489 e. The molecule has 1 saturated heterocycles.